The first-order chi connectivity index (χ1) is 12.4. The monoisotopic (exact) mass is 355 g/mol. The van der Waals surface area contributed by atoms with Crippen molar-refractivity contribution in [2.24, 2.45) is 4.99 Å². The van der Waals surface area contributed by atoms with Crippen LogP contribution < -0.4 is 4.90 Å². The predicted octanol–water partition coefficient (Wildman–Crippen LogP) is 3.66. The predicted molar refractivity (Wildman–Crippen MR) is 100 cm³/mol. The van der Waals surface area contributed by atoms with E-state index in [4.69, 9.17) is 9.15 Å². The highest BCUT2D eigenvalue weighted by Gasteiger charge is 2.29. The van der Waals surface area contributed by atoms with Crippen LogP contribution in [0.2, 0.25) is 0 Å². The minimum Gasteiger partial charge on any atom is -0.504 e. The van der Waals surface area contributed by atoms with E-state index in [1.54, 1.807) is 37.4 Å². The number of carbonyl (C=O) groups is 1. The molecule has 0 atom stereocenters. The first kappa shape index (κ1) is 17.7. The Balaban J connectivity index is 2.09. The highest BCUT2D eigenvalue weighted by Crippen LogP contribution is 2.39. The number of fused-ring (bicyclic) bond motifs is 1. The Bertz CT molecular complexity index is 896. The van der Waals surface area contributed by atoms with Crippen LogP contribution >= 0.6 is 0 Å². The third-order valence-corrected chi connectivity index (χ3v) is 4.18. The number of anilines is 1. The Morgan fingerprint density at radius 3 is 2.92 bits per heavy atom. The highest BCUT2D eigenvalue weighted by molar-refractivity contribution is 6.21. The third-order valence-electron chi connectivity index (χ3n) is 4.18. The lowest BCUT2D eigenvalue weighted by molar-refractivity contribution is 0.0523. The maximum atomic E-state index is 12.3. The summed E-state index contributed by atoms with van der Waals surface area (Å²) in [6.45, 7) is 5.83. The van der Waals surface area contributed by atoms with Crippen molar-refractivity contribution in [2.45, 2.75) is 26.8 Å². The second-order valence-corrected chi connectivity index (χ2v) is 6.15. The number of aromatic hydroxyl groups is 1. The minimum absolute atomic E-state index is 0.0243. The summed E-state index contributed by atoms with van der Waals surface area (Å²) in [5, 5.41) is 10.6. The van der Waals surface area contributed by atoms with Gasteiger partial charge in [-0.25, -0.2) is 14.8 Å². The molecule has 3 heterocycles. The Morgan fingerprint density at radius 1 is 1.46 bits per heavy atom. The lowest BCUT2D eigenvalue weighted by Crippen LogP contribution is -2.26. The number of pyridine rings is 1. The molecule has 7 heteroatoms. The molecule has 0 fully saturated rings. The van der Waals surface area contributed by atoms with Crippen molar-refractivity contribution in [3.8, 4) is 5.75 Å². The largest absolute Gasteiger partial charge is 0.504 e. The molecule has 0 aromatic carbocycles. The fourth-order valence-corrected chi connectivity index (χ4v) is 2.58. The first-order valence-corrected chi connectivity index (χ1v) is 8.40. The van der Waals surface area contributed by atoms with Gasteiger partial charge in [0.15, 0.2) is 22.9 Å². The Labute approximate surface area is 151 Å². The molecule has 0 bridgehead atoms. The molecule has 0 amide bonds. The maximum Gasteiger partial charge on any atom is 0.347 e. The van der Waals surface area contributed by atoms with Crippen LogP contribution in [0.25, 0.3) is 11.6 Å². The Kier molecular flexibility index (Phi) is 4.79. The number of nitrogens with zero attached hydrogens (tertiary/aromatic N) is 3. The summed E-state index contributed by atoms with van der Waals surface area (Å²) in [7, 11) is 1.79. The quantitative estimate of drug-likeness (QED) is 0.824. The van der Waals surface area contributed by atoms with Crippen molar-refractivity contribution < 1.29 is 19.1 Å². The zero-order valence-corrected chi connectivity index (χ0v) is 15.2. The van der Waals surface area contributed by atoms with Gasteiger partial charge in [0.2, 0.25) is 5.88 Å². The van der Waals surface area contributed by atoms with E-state index < -0.39 is 5.97 Å². The molecule has 0 saturated carbocycles. The smallest absolute Gasteiger partial charge is 0.347 e. The number of ether oxygens (including phenoxy) is 1. The summed E-state index contributed by atoms with van der Waals surface area (Å²) in [4.78, 5) is 22.5. The van der Waals surface area contributed by atoms with Crippen molar-refractivity contribution in [1.29, 1.82) is 0 Å². The van der Waals surface area contributed by atoms with E-state index >= 15 is 0 Å². The van der Waals surface area contributed by atoms with Crippen molar-refractivity contribution in [3.63, 3.8) is 0 Å². The molecule has 1 aliphatic rings. The van der Waals surface area contributed by atoms with Crippen LogP contribution in [0.4, 0.5) is 11.7 Å². The number of aliphatic imine (C=N–C) groups is 1. The van der Waals surface area contributed by atoms with E-state index in [1.165, 1.54) is 0 Å². The molecular weight excluding hydrogens is 334 g/mol. The van der Waals surface area contributed by atoms with E-state index in [1.807, 2.05) is 26.0 Å². The molecule has 26 heavy (non-hydrogen) atoms. The molecule has 1 N–H and O–H groups in total. The third kappa shape index (κ3) is 3.08. The van der Waals surface area contributed by atoms with Gasteiger partial charge >= 0.3 is 5.97 Å². The van der Waals surface area contributed by atoms with Crippen LogP contribution in [0, 0.1) is 0 Å². The summed E-state index contributed by atoms with van der Waals surface area (Å²) in [6, 6.07) is 3.76. The van der Waals surface area contributed by atoms with E-state index in [9.17, 15) is 9.90 Å². The molecule has 0 unspecified atom stereocenters. The highest BCUT2D eigenvalue weighted by atomic mass is 16.5. The molecule has 136 valence electrons. The van der Waals surface area contributed by atoms with Crippen molar-refractivity contribution in [1.82, 2.24) is 4.98 Å². The van der Waals surface area contributed by atoms with E-state index in [0.29, 0.717) is 5.82 Å². The molecule has 1 aliphatic heterocycles. The van der Waals surface area contributed by atoms with Gasteiger partial charge in [0.25, 0.3) is 0 Å². The van der Waals surface area contributed by atoms with Gasteiger partial charge in [-0.2, -0.15) is 0 Å². The standard InChI is InChI=1S/C19H21N3O4/c1-5-25-19(24)15-16(23)14(26-18(15)22(4)11(2)3)9-12-10-21-17-13(12)7-6-8-20-17/h6-11,23H,5H2,1-4H3. The van der Waals surface area contributed by atoms with Crippen molar-refractivity contribution in [2.75, 3.05) is 18.6 Å². The number of rotatable bonds is 5. The zero-order chi connectivity index (χ0) is 18.8. The average Bonchev–Trinajstić information content (AvgIpc) is 3.16. The van der Waals surface area contributed by atoms with E-state index in [0.717, 1.165) is 11.1 Å². The molecule has 2 aromatic rings. The lowest BCUT2D eigenvalue weighted by atomic mass is 10.1. The maximum absolute atomic E-state index is 12.3. The summed E-state index contributed by atoms with van der Waals surface area (Å²) in [5.41, 5.74) is 1.60. The van der Waals surface area contributed by atoms with Crippen LogP contribution in [-0.4, -0.2) is 42.0 Å². The van der Waals surface area contributed by atoms with Gasteiger partial charge in [-0.1, -0.05) is 0 Å². The van der Waals surface area contributed by atoms with Gasteiger partial charge in [-0.15, -0.1) is 0 Å². The van der Waals surface area contributed by atoms with Gasteiger partial charge in [0.05, 0.1) is 6.61 Å². The van der Waals surface area contributed by atoms with Gasteiger partial charge in [0, 0.05) is 36.6 Å². The first-order valence-electron chi connectivity index (χ1n) is 8.40. The Morgan fingerprint density at radius 2 is 2.23 bits per heavy atom. The molecule has 0 aliphatic carbocycles. The number of hydrogen-bond donors (Lipinski definition) is 1. The van der Waals surface area contributed by atoms with Gasteiger partial charge in [0.1, 0.15) is 0 Å². The van der Waals surface area contributed by atoms with Crippen molar-refractivity contribution in [3.05, 3.63) is 35.2 Å². The second kappa shape index (κ2) is 7.03. The summed E-state index contributed by atoms with van der Waals surface area (Å²) in [5.74, 6) is 0.181. The number of esters is 1. The number of allylic oxidation sites excluding steroid dienone is 1. The summed E-state index contributed by atoms with van der Waals surface area (Å²) >= 11 is 0. The molecule has 0 saturated heterocycles. The van der Waals surface area contributed by atoms with Gasteiger partial charge in [-0.3, -0.25) is 0 Å². The number of carbonyl (C=O) groups excluding carboxylic acids is 1. The molecular formula is C19H21N3O4. The zero-order valence-electron chi connectivity index (χ0n) is 15.2. The van der Waals surface area contributed by atoms with Gasteiger partial charge in [-0.05, 0) is 39.0 Å². The normalized spacial score (nSPS) is 14.1. The number of furan rings is 1. The molecule has 3 rings (SSSR count). The fraction of sp³-hybridized carbons (Fsp3) is 0.316. The summed E-state index contributed by atoms with van der Waals surface area (Å²) < 4.78 is 10.9. The SMILES string of the molecule is CCOC(=O)c1c(N(C)C(C)C)oc(C=C2C=Nc3ncccc32)c1O. The fourth-order valence-electron chi connectivity index (χ4n) is 2.58. The second-order valence-electron chi connectivity index (χ2n) is 6.15. The minimum atomic E-state index is -0.622. The van der Waals surface area contributed by atoms with E-state index in [-0.39, 0.29) is 35.6 Å². The molecule has 2 aromatic heterocycles. The van der Waals surface area contributed by atoms with E-state index in [2.05, 4.69) is 9.98 Å². The van der Waals surface area contributed by atoms with Crippen LogP contribution in [-0.2, 0) is 4.74 Å². The Hall–Kier alpha value is -3.09. The van der Waals surface area contributed by atoms with Crippen LogP contribution in [0.1, 0.15) is 42.5 Å². The molecule has 0 radical (unpaired) electrons. The molecule has 0 spiro atoms. The average molecular weight is 355 g/mol. The van der Waals surface area contributed by atoms with Crippen LogP contribution in [0.5, 0.6) is 5.75 Å². The summed E-state index contributed by atoms with van der Waals surface area (Å²) in [6.07, 6.45) is 4.96. The lowest BCUT2D eigenvalue weighted by Gasteiger charge is -2.21. The molecule has 7 nitrogen and oxygen atoms in total. The van der Waals surface area contributed by atoms with Crippen LogP contribution in [0.15, 0.2) is 27.7 Å². The number of hydrogen-bond acceptors (Lipinski definition) is 7. The van der Waals surface area contributed by atoms with Crippen LogP contribution in [0.3, 0.4) is 0 Å². The van der Waals surface area contributed by atoms with Crippen molar-refractivity contribution >= 4 is 35.5 Å². The topological polar surface area (TPSA) is 88.2 Å². The van der Waals surface area contributed by atoms with Gasteiger partial charge < -0.3 is 19.2 Å². The number of aromatic nitrogens is 1.